The van der Waals surface area contributed by atoms with Gasteiger partial charge in [0.2, 0.25) is 0 Å². The molecule has 0 spiro atoms. The highest BCUT2D eigenvalue weighted by Crippen LogP contribution is 2.32. The summed E-state index contributed by atoms with van der Waals surface area (Å²) in [5.41, 5.74) is 10.7. The molecule has 2 heterocycles. The number of hydrogen-bond acceptors (Lipinski definition) is 5. The minimum Gasteiger partial charge on any atom is -0.476 e. The lowest BCUT2D eigenvalue weighted by Gasteiger charge is -2.10. The summed E-state index contributed by atoms with van der Waals surface area (Å²) in [5.74, 6) is -1.29. The molecule has 162 valence electrons. The summed E-state index contributed by atoms with van der Waals surface area (Å²) >= 11 is 1.44. The number of carboxylic acids is 1. The Kier molecular flexibility index (Phi) is 5.79. The zero-order valence-electron chi connectivity index (χ0n) is 17.6. The van der Waals surface area contributed by atoms with Crippen molar-refractivity contribution in [1.82, 2.24) is 15.1 Å². The maximum atomic E-state index is 12.5. The van der Waals surface area contributed by atoms with E-state index in [1.165, 1.54) is 16.0 Å². The van der Waals surface area contributed by atoms with Crippen molar-refractivity contribution in [2.75, 3.05) is 5.73 Å². The van der Waals surface area contributed by atoms with Crippen LogP contribution < -0.4 is 11.1 Å². The smallest absolute Gasteiger partial charge is 0.356 e. The molecule has 0 unspecified atom stereocenters. The number of hydrogen-bond donors (Lipinski definition) is 3. The largest absolute Gasteiger partial charge is 0.476 e. The number of carbonyl (C=O) groups is 2. The fraction of sp³-hybridized carbons (Fsp3) is 0.125. The van der Waals surface area contributed by atoms with Crippen LogP contribution >= 0.6 is 11.3 Å². The summed E-state index contributed by atoms with van der Waals surface area (Å²) < 4.78 is 1.34. The number of thiophene rings is 1. The molecule has 2 aromatic heterocycles. The van der Waals surface area contributed by atoms with Gasteiger partial charge in [-0.25, -0.2) is 9.48 Å². The number of nitrogens with one attached hydrogen (secondary N) is 1. The molecule has 0 aliphatic rings. The first kappa shape index (κ1) is 21.3. The Balaban J connectivity index is 1.55. The van der Waals surface area contributed by atoms with E-state index in [1.807, 2.05) is 61.7 Å². The monoisotopic (exact) mass is 446 g/mol. The number of nitrogens with two attached hydrogens (primary N) is 1. The topological polar surface area (TPSA) is 110 Å². The Labute approximate surface area is 189 Å². The van der Waals surface area contributed by atoms with E-state index in [-0.39, 0.29) is 17.3 Å². The van der Waals surface area contributed by atoms with Crippen LogP contribution in [0.25, 0.3) is 16.3 Å². The first-order chi connectivity index (χ1) is 15.3. The maximum absolute atomic E-state index is 12.5. The van der Waals surface area contributed by atoms with Crippen LogP contribution in [0.5, 0.6) is 0 Å². The van der Waals surface area contributed by atoms with Gasteiger partial charge in [-0.05, 0) is 54.6 Å². The Morgan fingerprint density at radius 2 is 1.88 bits per heavy atom. The van der Waals surface area contributed by atoms with Crippen LogP contribution in [0.2, 0.25) is 0 Å². The van der Waals surface area contributed by atoms with Gasteiger partial charge in [0.15, 0.2) is 5.69 Å². The highest BCUT2D eigenvalue weighted by atomic mass is 32.1. The van der Waals surface area contributed by atoms with Crippen molar-refractivity contribution in [2.24, 2.45) is 0 Å². The molecule has 0 fully saturated rings. The van der Waals surface area contributed by atoms with E-state index < -0.39 is 5.97 Å². The fourth-order valence-corrected chi connectivity index (χ4v) is 4.15. The van der Waals surface area contributed by atoms with Gasteiger partial charge >= 0.3 is 5.97 Å². The Morgan fingerprint density at radius 1 is 1.12 bits per heavy atom. The quantitative estimate of drug-likeness (QED) is 0.406. The third kappa shape index (κ3) is 4.13. The molecule has 7 nitrogen and oxygen atoms in total. The summed E-state index contributed by atoms with van der Waals surface area (Å²) in [4.78, 5) is 25.2. The van der Waals surface area contributed by atoms with Crippen molar-refractivity contribution in [2.45, 2.75) is 20.4 Å². The Hall–Kier alpha value is -3.91. The average molecular weight is 447 g/mol. The number of aryl methyl sites for hydroxylation is 2. The van der Waals surface area contributed by atoms with Crippen molar-refractivity contribution in [3.8, 4) is 16.3 Å². The fourth-order valence-electron chi connectivity index (χ4n) is 3.43. The number of benzene rings is 2. The first-order valence-corrected chi connectivity index (χ1v) is 10.8. The second-order valence-corrected chi connectivity index (χ2v) is 8.42. The van der Waals surface area contributed by atoms with E-state index in [4.69, 9.17) is 5.73 Å². The third-order valence-electron chi connectivity index (χ3n) is 5.15. The van der Waals surface area contributed by atoms with Crippen LogP contribution in [0.4, 0.5) is 5.69 Å². The van der Waals surface area contributed by atoms with Crippen LogP contribution in [-0.4, -0.2) is 26.8 Å². The van der Waals surface area contributed by atoms with Crippen molar-refractivity contribution < 1.29 is 14.7 Å². The van der Waals surface area contributed by atoms with Crippen LogP contribution in [0.1, 0.15) is 37.5 Å². The second-order valence-electron chi connectivity index (χ2n) is 7.47. The molecule has 8 heteroatoms. The van der Waals surface area contributed by atoms with E-state index in [9.17, 15) is 14.7 Å². The molecular formula is C24H22N4O3S. The summed E-state index contributed by atoms with van der Waals surface area (Å²) in [6, 6.07) is 16.7. The standard InChI is InChI=1S/C24H22N4O3S/c1-14-5-6-15(2)18(12-14)23(29)26-13-16-7-9-17(10-8-16)28-22(24(30)31)20(25)21(27-28)19-4-3-11-32-19/h3-12H,13,25H2,1-2H3,(H,26,29)(H,30,31). The van der Waals surface area contributed by atoms with E-state index >= 15 is 0 Å². The lowest BCUT2D eigenvalue weighted by Crippen LogP contribution is -2.23. The van der Waals surface area contributed by atoms with Crippen LogP contribution in [0.3, 0.4) is 0 Å². The molecule has 0 saturated carbocycles. The van der Waals surface area contributed by atoms with Gasteiger partial charge in [0.1, 0.15) is 5.69 Å². The molecule has 0 bridgehead atoms. The predicted octanol–water partition coefficient (Wildman–Crippen LogP) is 4.43. The SMILES string of the molecule is Cc1ccc(C)c(C(=O)NCc2ccc(-n3nc(-c4cccs4)c(N)c3C(=O)O)cc2)c1. The molecule has 0 aliphatic heterocycles. The highest BCUT2D eigenvalue weighted by molar-refractivity contribution is 7.13. The van der Waals surface area contributed by atoms with Crippen molar-refractivity contribution in [3.63, 3.8) is 0 Å². The van der Waals surface area contributed by atoms with Gasteiger partial charge < -0.3 is 16.2 Å². The van der Waals surface area contributed by atoms with Gasteiger partial charge in [0, 0.05) is 12.1 Å². The van der Waals surface area contributed by atoms with Crippen molar-refractivity contribution >= 4 is 28.9 Å². The van der Waals surface area contributed by atoms with Crippen LogP contribution in [0, 0.1) is 13.8 Å². The van der Waals surface area contributed by atoms with Gasteiger partial charge in [-0.2, -0.15) is 5.10 Å². The first-order valence-electron chi connectivity index (χ1n) is 9.95. The van der Waals surface area contributed by atoms with Gasteiger partial charge in [0.05, 0.1) is 16.3 Å². The summed E-state index contributed by atoms with van der Waals surface area (Å²) in [6.45, 7) is 4.20. The number of aromatic nitrogens is 2. The van der Waals surface area contributed by atoms with E-state index in [2.05, 4.69) is 10.4 Å². The molecule has 0 saturated heterocycles. The number of carbonyl (C=O) groups excluding carboxylic acids is 1. The third-order valence-corrected chi connectivity index (χ3v) is 6.03. The lowest BCUT2D eigenvalue weighted by atomic mass is 10.0. The van der Waals surface area contributed by atoms with Gasteiger partial charge in [-0.15, -0.1) is 11.3 Å². The Bertz CT molecular complexity index is 1290. The highest BCUT2D eigenvalue weighted by Gasteiger charge is 2.23. The molecule has 1 amide bonds. The molecule has 4 N–H and O–H groups in total. The zero-order chi connectivity index (χ0) is 22.8. The molecule has 0 atom stereocenters. The van der Waals surface area contributed by atoms with Gasteiger partial charge in [-0.3, -0.25) is 4.79 Å². The van der Waals surface area contributed by atoms with Crippen molar-refractivity contribution in [3.05, 3.63) is 87.9 Å². The van der Waals surface area contributed by atoms with E-state index in [1.54, 1.807) is 12.1 Å². The number of aromatic carboxylic acids is 1. The number of anilines is 1. The number of carboxylic acid groups (broad SMARTS) is 1. The molecular weight excluding hydrogens is 424 g/mol. The van der Waals surface area contributed by atoms with E-state index in [0.29, 0.717) is 23.5 Å². The molecule has 4 aromatic rings. The van der Waals surface area contributed by atoms with Gasteiger partial charge in [0.25, 0.3) is 5.91 Å². The second kappa shape index (κ2) is 8.68. The van der Waals surface area contributed by atoms with E-state index in [0.717, 1.165) is 21.6 Å². The molecule has 0 radical (unpaired) electrons. The summed E-state index contributed by atoms with van der Waals surface area (Å²) in [5, 5.41) is 19.0. The normalized spacial score (nSPS) is 10.8. The van der Waals surface area contributed by atoms with Crippen LogP contribution in [-0.2, 0) is 6.54 Å². The lowest BCUT2D eigenvalue weighted by molar-refractivity contribution is 0.0688. The summed E-state index contributed by atoms with van der Waals surface area (Å²) in [7, 11) is 0. The molecule has 2 aromatic carbocycles. The minimum absolute atomic E-state index is 0.0793. The molecule has 4 rings (SSSR count). The summed E-state index contributed by atoms with van der Waals surface area (Å²) in [6.07, 6.45) is 0. The Morgan fingerprint density at radius 3 is 2.53 bits per heavy atom. The van der Waals surface area contributed by atoms with Crippen LogP contribution in [0.15, 0.2) is 60.0 Å². The maximum Gasteiger partial charge on any atom is 0.356 e. The number of amides is 1. The molecule has 0 aliphatic carbocycles. The number of nitrogens with zero attached hydrogens (tertiary/aromatic N) is 2. The minimum atomic E-state index is -1.15. The zero-order valence-corrected chi connectivity index (χ0v) is 18.4. The van der Waals surface area contributed by atoms with Crippen molar-refractivity contribution in [1.29, 1.82) is 0 Å². The number of rotatable bonds is 6. The van der Waals surface area contributed by atoms with Gasteiger partial charge in [-0.1, -0.05) is 35.9 Å². The average Bonchev–Trinajstić information content (AvgIpc) is 3.42. The predicted molar refractivity (Wildman–Crippen MR) is 125 cm³/mol. The molecule has 32 heavy (non-hydrogen) atoms. The number of nitrogen functional groups attached to an aromatic ring is 1.